The Labute approximate surface area is 175 Å². The van der Waals surface area contributed by atoms with Gasteiger partial charge in [0.1, 0.15) is 10.1 Å². The molecule has 2 aliphatic heterocycles. The molecule has 29 heavy (non-hydrogen) atoms. The van der Waals surface area contributed by atoms with Gasteiger partial charge in [-0.25, -0.2) is 0 Å². The number of primary amides is 1. The number of carbonyl (C=O) groups excluding carboxylic acids is 3. The first-order chi connectivity index (χ1) is 13.9. The number of nitrogens with zero attached hydrogens (tertiary/aromatic N) is 1. The van der Waals surface area contributed by atoms with Crippen LogP contribution in [0.4, 0.5) is 5.69 Å². The van der Waals surface area contributed by atoms with E-state index >= 15 is 0 Å². The number of amides is 3. The third-order valence-corrected chi connectivity index (χ3v) is 5.58. The van der Waals surface area contributed by atoms with Crippen molar-refractivity contribution in [3.8, 4) is 5.75 Å². The van der Waals surface area contributed by atoms with Crippen LogP contribution < -0.4 is 20.7 Å². The number of anilines is 1. The third kappa shape index (κ3) is 4.01. The number of thiocarbonyl (C=S) groups is 1. The minimum absolute atomic E-state index is 0.0739. The lowest BCUT2D eigenvalue weighted by molar-refractivity contribution is -0.121. The standard InChI is InChI=1S/C20H15N3O4S2/c21-18(25)13-3-1-2-12(6-13)9-23-14-7-11(4-5-15(14)27-10-17(23)24)8-16-19(26)22-20(28)29-16/h1-8H,9-10H2,(H2,21,25)(H,22,26,28). The van der Waals surface area contributed by atoms with Crippen LogP contribution in [-0.4, -0.2) is 28.6 Å². The smallest absolute Gasteiger partial charge is 0.265 e. The highest BCUT2D eigenvalue weighted by atomic mass is 32.2. The van der Waals surface area contributed by atoms with Gasteiger partial charge in [-0.2, -0.15) is 0 Å². The van der Waals surface area contributed by atoms with Crippen LogP contribution in [0.2, 0.25) is 0 Å². The third-order valence-electron chi connectivity index (χ3n) is 4.42. The van der Waals surface area contributed by atoms with Crippen molar-refractivity contribution in [3.05, 3.63) is 64.1 Å². The fourth-order valence-electron chi connectivity index (χ4n) is 3.06. The molecular weight excluding hydrogens is 410 g/mol. The van der Waals surface area contributed by atoms with E-state index in [1.54, 1.807) is 41.3 Å². The van der Waals surface area contributed by atoms with E-state index in [9.17, 15) is 14.4 Å². The van der Waals surface area contributed by atoms with Crippen molar-refractivity contribution in [2.24, 2.45) is 5.73 Å². The molecule has 2 aliphatic rings. The highest BCUT2D eigenvalue weighted by Gasteiger charge is 2.27. The Hall–Kier alpha value is -3.17. The van der Waals surface area contributed by atoms with Crippen molar-refractivity contribution < 1.29 is 19.1 Å². The molecule has 0 atom stereocenters. The van der Waals surface area contributed by atoms with Gasteiger partial charge in [-0.3, -0.25) is 14.4 Å². The van der Waals surface area contributed by atoms with Gasteiger partial charge < -0.3 is 20.7 Å². The molecule has 0 unspecified atom stereocenters. The van der Waals surface area contributed by atoms with Gasteiger partial charge in [0, 0.05) is 5.56 Å². The zero-order valence-corrected chi connectivity index (χ0v) is 16.6. The Kier molecular flexibility index (Phi) is 5.08. The normalized spacial score (nSPS) is 17.2. The van der Waals surface area contributed by atoms with Gasteiger partial charge in [0.2, 0.25) is 5.91 Å². The summed E-state index contributed by atoms with van der Waals surface area (Å²) in [4.78, 5) is 38.0. The predicted octanol–water partition coefficient (Wildman–Crippen LogP) is 2.20. The molecule has 2 aromatic rings. The van der Waals surface area contributed by atoms with Gasteiger partial charge in [-0.1, -0.05) is 42.2 Å². The highest BCUT2D eigenvalue weighted by molar-refractivity contribution is 8.26. The maximum Gasteiger partial charge on any atom is 0.265 e. The largest absolute Gasteiger partial charge is 0.482 e. The number of nitrogens with two attached hydrogens (primary N) is 1. The summed E-state index contributed by atoms with van der Waals surface area (Å²) >= 11 is 6.20. The first-order valence-electron chi connectivity index (χ1n) is 8.61. The quantitative estimate of drug-likeness (QED) is 0.575. The fraction of sp³-hybridized carbons (Fsp3) is 0.100. The van der Waals surface area contributed by atoms with Gasteiger partial charge in [0.15, 0.2) is 6.61 Å². The first kappa shape index (κ1) is 19.2. The van der Waals surface area contributed by atoms with Gasteiger partial charge in [-0.05, 0) is 41.5 Å². The monoisotopic (exact) mass is 425 g/mol. The Morgan fingerprint density at radius 1 is 1.28 bits per heavy atom. The molecule has 2 aromatic carbocycles. The van der Waals surface area contributed by atoms with Crippen LogP contribution in [0, 0.1) is 0 Å². The molecule has 3 amide bonds. The number of thioether (sulfide) groups is 1. The number of hydrogen-bond donors (Lipinski definition) is 2. The van der Waals surface area contributed by atoms with Crippen LogP contribution in [-0.2, 0) is 16.1 Å². The predicted molar refractivity (Wildman–Crippen MR) is 114 cm³/mol. The van der Waals surface area contributed by atoms with E-state index in [2.05, 4.69) is 5.32 Å². The van der Waals surface area contributed by atoms with Crippen LogP contribution in [0.25, 0.3) is 6.08 Å². The number of carbonyl (C=O) groups is 3. The van der Waals surface area contributed by atoms with E-state index < -0.39 is 5.91 Å². The lowest BCUT2D eigenvalue weighted by Gasteiger charge is -2.30. The molecule has 4 rings (SSSR count). The minimum Gasteiger partial charge on any atom is -0.482 e. The molecule has 1 saturated heterocycles. The summed E-state index contributed by atoms with van der Waals surface area (Å²) in [6.07, 6.45) is 1.71. The second-order valence-corrected chi connectivity index (χ2v) is 8.13. The van der Waals surface area contributed by atoms with E-state index in [1.165, 1.54) is 11.8 Å². The second kappa shape index (κ2) is 7.69. The summed E-state index contributed by atoms with van der Waals surface area (Å²) in [6.45, 7) is 0.186. The summed E-state index contributed by atoms with van der Waals surface area (Å²) in [5, 5.41) is 2.57. The number of nitrogens with one attached hydrogen (secondary N) is 1. The Morgan fingerprint density at radius 3 is 2.83 bits per heavy atom. The molecule has 2 heterocycles. The Morgan fingerprint density at radius 2 is 2.10 bits per heavy atom. The molecule has 0 bridgehead atoms. The van der Waals surface area contributed by atoms with Crippen molar-refractivity contribution in [1.29, 1.82) is 0 Å². The molecule has 0 spiro atoms. The summed E-state index contributed by atoms with van der Waals surface area (Å²) in [5.74, 6) is -0.414. The average molecular weight is 425 g/mol. The molecule has 0 aliphatic carbocycles. The number of fused-ring (bicyclic) bond motifs is 1. The van der Waals surface area contributed by atoms with Crippen LogP contribution in [0.15, 0.2) is 47.4 Å². The lowest BCUT2D eigenvalue weighted by Crippen LogP contribution is -2.38. The zero-order valence-electron chi connectivity index (χ0n) is 15.0. The maximum absolute atomic E-state index is 12.5. The molecule has 0 aromatic heterocycles. The lowest BCUT2D eigenvalue weighted by atomic mass is 10.1. The Balaban J connectivity index is 1.67. The zero-order chi connectivity index (χ0) is 20.5. The van der Waals surface area contributed by atoms with Gasteiger partial charge in [0.25, 0.3) is 11.8 Å². The second-order valence-electron chi connectivity index (χ2n) is 6.41. The van der Waals surface area contributed by atoms with Gasteiger partial charge >= 0.3 is 0 Å². The molecule has 9 heteroatoms. The number of benzene rings is 2. The maximum atomic E-state index is 12.5. The van der Waals surface area contributed by atoms with E-state index in [1.807, 2.05) is 12.1 Å². The summed E-state index contributed by atoms with van der Waals surface area (Å²) < 4.78 is 5.95. The molecule has 3 N–H and O–H groups in total. The topological polar surface area (TPSA) is 102 Å². The SMILES string of the molecule is NC(=O)c1cccc(CN2C(=O)COc3ccc(C=C4SC(=S)NC4=O)cc32)c1. The number of hydrogen-bond acceptors (Lipinski definition) is 6. The van der Waals surface area contributed by atoms with Gasteiger partial charge in [0.05, 0.1) is 17.1 Å². The molecule has 7 nitrogen and oxygen atoms in total. The van der Waals surface area contributed by atoms with Crippen LogP contribution in [0.5, 0.6) is 5.75 Å². The van der Waals surface area contributed by atoms with Crippen LogP contribution in [0.1, 0.15) is 21.5 Å². The number of ether oxygens (including phenoxy) is 1. The van der Waals surface area contributed by atoms with Crippen molar-refractivity contribution in [2.75, 3.05) is 11.5 Å². The molecule has 146 valence electrons. The van der Waals surface area contributed by atoms with E-state index in [0.717, 1.165) is 11.1 Å². The van der Waals surface area contributed by atoms with Crippen molar-refractivity contribution in [2.45, 2.75) is 6.54 Å². The Bertz CT molecular complexity index is 1100. The van der Waals surface area contributed by atoms with E-state index in [4.69, 9.17) is 22.7 Å². The van der Waals surface area contributed by atoms with E-state index in [0.29, 0.717) is 26.2 Å². The van der Waals surface area contributed by atoms with Crippen molar-refractivity contribution >= 4 is 57.8 Å². The highest BCUT2D eigenvalue weighted by Crippen LogP contribution is 2.35. The summed E-state index contributed by atoms with van der Waals surface area (Å²) in [7, 11) is 0. The first-order valence-corrected chi connectivity index (χ1v) is 9.84. The summed E-state index contributed by atoms with van der Waals surface area (Å²) in [5.41, 5.74) is 7.82. The molecular formula is C20H15N3O4S2. The average Bonchev–Trinajstić information content (AvgIpc) is 3.01. The van der Waals surface area contributed by atoms with Crippen molar-refractivity contribution in [3.63, 3.8) is 0 Å². The molecule has 0 saturated carbocycles. The van der Waals surface area contributed by atoms with Crippen LogP contribution >= 0.6 is 24.0 Å². The number of rotatable bonds is 4. The fourth-order valence-corrected chi connectivity index (χ4v) is 4.10. The molecule has 1 fully saturated rings. The van der Waals surface area contributed by atoms with Gasteiger partial charge in [-0.15, -0.1) is 0 Å². The van der Waals surface area contributed by atoms with Crippen LogP contribution in [0.3, 0.4) is 0 Å². The van der Waals surface area contributed by atoms with E-state index in [-0.39, 0.29) is 25.0 Å². The minimum atomic E-state index is -0.528. The van der Waals surface area contributed by atoms with Crippen molar-refractivity contribution in [1.82, 2.24) is 5.32 Å². The molecule has 0 radical (unpaired) electrons. The summed E-state index contributed by atoms with van der Waals surface area (Å²) in [6, 6.07) is 12.2.